The molecule has 0 bridgehead atoms. The van der Waals surface area contributed by atoms with E-state index in [4.69, 9.17) is 36.3 Å². The second kappa shape index (κ2) is 8.09. The number of aromatic nitrogens is 2. The molecule has 2 aromatic rings. The maximum Gasteiger partial charge on any atom is 0.351 e. The summed E-state index contributed by atoms with van der Waals surface area (Å²) < 4.78 is 26.4. The summed E-state index contributed by atoms with van der Waals surface area (Å²) in [5.74, 6) is -1.23. The number of hydrogen-bond donors (Lipinski definition) is 1. The van der Waals surface area contributed by atoms with Gasteiger partial charge in [0, 0.05) is 19.0 Å². The third-order valence-electron chi connectivity index (χ3n) is 6.73. The molecule has 2 saturated heterocycles. The van der Waals surface area contributed by atoms with E-state index in [1.165, 1.54) is 16.8 Å². The minimum absolute atomic E-state index is 0.0393. The van der Waals surface area contributed by atoms with Gasteiger partial charge in [0.15, 0.2) is 12.0 Å². The van der Waals surface area contributed by atoms with Crippen molar-refractivity contribution in [1.82, 2.24) is 9.55 Å². The number of nitrogen functional groups attached to an aromatic ring is 1. The van der Waals surface area contributed by atoms with Crippen LogP contribution >= 0.6 is 11.6 Å². The Balaban J connectivity index is 1.51. The molecule has 1 spiro atoms. The smallest absolute Gasteiger partial charge is 0.351 e. The highest BCUT2D eigenvalue weighted by Gasteiger charge is 2.72. The lowest BCUT2D eigenvalue weighted by Crippen LogP contribution is -2.52. The standard InChI is InChI=1S/C23H26ClN3O6/c1-21-18(31-23(33-21)10-5-6-11-23)22(13-24,14-30-17(28)15-7-3-2-4-8-15)32-19(21)27-12-9-16(25)26-20(27)29/h2-4,7-9,12,18-19H,5-6,10-11,13-14H2,1H3,(H2,25,26,29)/t18-,19+,21+,22+/m0/s1. The zero-order valence-corrected chi connectivity index (χ0v) is 19.0. The number of hydrogen-bond acceptors (Lipinski definition) is 8. The number of alkyl halides is 1. The van der Waals surface area contributed by atoms with Crippen LogP contribution in [-0.4, -0.2) is 51.1 Å². The minimum Gasteiger partial charge on any atom is -0.459 e. The SMILES string of the molecule is C[C@@]12OC3(CCCC3)O[C@@H]1[C@@](CCl)(COC(=O)c1ccccc1)O[C@H]2n1ccc(N)nc1=O. The first-order chi connectivity index (χ1) is 15.8. The quantitative estimate of drug-likeness (QED) is 0.518. The van der Waals surface area contributed by atoms with E-state index < -0.39 is 41.0 Å². The molecule has 1 saturated carbocycles. The summed E-state index contributed by atoms with van der Waals surface area (Å²) in [6.45, 7) is 1.67. The number of fused-ring (bicyclic) bond motifs is 1. The van der Waals surface area contributed by atoms with Crippen LogP contribution in [0.15, 0.2) is 47.4 Å². The van der Waals surface area contributed by atoms with E-state index >= 15 is 0 Å². The summed E-state index contributed by atoms with van der Waals surface area (Å²) in [7, 11) is 0. The molecule has 2 aliphatic heterocycles. The van der Waals surface area contributed by atoms with E-state index in [0.717, 1.165) is 25.7 Å². The van der Waals surface area contributed by atoms with Crippen molar-refractivity contribution in [3.8, 4) is 0 Å². The fourth-order valence-corrected chi connectivity index (χ4v) is 5.47. The summed E-state index contributed by atoms with van der Waals surface area (Å²) in [5, 5.41) is 0. The molecule has 1 aliphatic carbocycles. The molecule has 0 radical (unpaired) electrons. The molecule has 176 valence electrons. The zero-order valence-electron chi connectivity index (χ0n) is 18.2. The summed E-state index contributed by atoms with van der Waals surface area (Å²) in [4.78, 5) is 29.2. The summed E-state index contributed by atoms with van der Waals surface area (Å²) in [6.07, 6.45) is 3.31. The van der Waals surface area contributed by atoms with Gasteiger partial charge in [-0.15, -0.1) is 11.6 Å². The molecule has 0 amide bonds. The maximum atomic E-state index is 12.7. The van der Waals surface area contributed by atoms with Crippen LogP contribution in [0, 0.1) is 0 Å². The Bertz CT molecular complexity index is 1100. The van der Waals surface area contributed by atoms with Gasteiger partial charge in [0.2, 0.25) is 0 Å². The summed E-state index contributed by atoms with van der Waals surface area (Å²) >= 11 is 6.46. The molecule has 3 heterocycles. The fourth-order valence-electron chi connectivity index (χ4n) is 5.19. The van der Waals surface area contributed by atoms with Gasteiger partial charge in [0.1, 0.15) is 29.7 Å². The van der Waals surface area contributed by atoms with Crippen molar-refractivity contribution in [3.05, 3.63) is 58.6 Å². The molecule has 3 fully saturated rings. The van der Waals surface area contributed by atoms with Gasteiger partial charge in [-0.05, 0) is 38.0 Å². The van der Waals surface area contributed by atoms with Gasteiger partial charge in [-0.1, -0.05) is 18.2 Å². The number of nitrogens with zero attached hydrogens (tertiary/aromatic N) is 2. The number of rotatable bonds is 5. The molecule has 3 aliphatic rings. The van der Waals surface area contributed by atoms with E-state index in [1.54, 1.807) is 24.3 Å². The molecule has 4 atom stereocenters. The molecule has 2 N–H and O–H groups in total. The Kier molecular flexibility index (Phi) is 5.48. The molecular formula is C23H26ClN3O6. The van der Waals surface area contributed by atoms with Crippen molar-refractivity contribution in [3.63, 3.8) is 0 Å². The topological polar surface area (TPSA) is 115 Å². The molecule has 1 aromatic heterocycles. The normalized spacial score (nSPS) is 32.2. The van der Waals surface area contributed by atoms with Crippen LogP contribution < -0.4 is 11.4 Å². The number of halogens is 1. The number of carbonyl (C=O) groups excluding carboxylic acids is 1. The van der Waals surface area contributed by atoms with Crippen molar-refractivity contribution in [2.45, 2.75) is 61.9 Å². The highest BCUT2D eigenvalue weighted by molar-refractivity contribution is 6.18. The number of nitrogens with two attached hydrogens (primary N) is 1. The lowest BCUT2D eigenvalue weighted by molar-refractivity contribution is -0.247. The van der Waals surface area contributed by atoms with Gasteiger partial charge in [0.05, 0.1) is 11.4 Å². The molecule has 5 rings (SSSR count). The predicted octanol–water partition coefficient (Wildman–Crippen LogP) is 2.63. The maximum absolute atomic E-state index is 12.7. The fraction of sp³-hybridized carbons (Fsp3) is 0.522. The van der Waals surface area contributed by atoms with Crippen LogP contribution in [0.5, 0.6) is 0 Å². The van der Waals surface area contributed by atoms with Gasteiger partial charge in [-0.25, -0.2) is 9.59 Å². The third-order valence-corrected chi connectivity index (χ3v) is 7.18. The summed E-state index contributed by atoms with van der Waals surface area (Å²) in [6, 6.07) is 10.2. The molecule has 10 heteroatoms. The first kappa shape index (κ1) is 22.3. The van der Waals surface area contributed by atoms with Gasteiger partial charge in [-0.3, -0.25) is 4.57 Å². The van der Waals surface area contributed by atoms with Gasteiger partial charge >= 0.3 is 11.7 Å². The molecular weight excluding hydrogens is 450 g/mol. The number of carbonyl (C=O) groups is 1. The lowest BCUT2D eigenvalue weighted by Gasteiger charge is -2.34. The molecule has 0 unspecified atom stereocenters. The van der Waals surface area contributed by atoms with Crippen molar-refractivity contribution in [2.75, 3.05) is 18.2 Å². The van der Waals surface area contributed by atoms with Crippen LogP contribution in [0.1, 0.15) is 49.2 Å². The van der Waals surface area contributed by atoms with Crippen LogP contribution in [0.3, 0.4) is 0 Å². The van der Waals surface area contributed by atoms with E-state index in [2.05, 4.69) is 4.98 Å². The summed E-state index contributed by atoms with van der Waals surface area (Å²) in [5.41, 5.74) is 3.20. The second-order valence-electron chi connectivity index (χ2n) is 9.05. The van der Waals surface area contributed by atoms with Gasteiger partial charge < -0.3 is 24.7 Å². The highest BCUT2D eigenvalue weighted by Crippen LogP contribution is 2.58. The Morgan fingerprint density at radius 2 is 1.97 bits per heavy atom. The third kappa shape index (κ3) is 3.63. The zero-order chi connectivity index (χ0) is 23.3. The molecule has 9 nitrogen and oxygen atoms in total. The van der Waals surface area contributed by atoms with Crippen LogP contribution in [0.4, 0.5) is 5.82 Å². The minimum atomic E-state index is -1.24. The first-order valence-corrected chi connectivity index (χ1v) is 11.5. The average Bonchev–Trinajstić information content (AvgIpc) is 3.45. The number of anilines is 1. The number of benzene rings is 1. The van der Waals surface area contributed by atoms with Crippen LogP contribution in [0.2, 0.25) is 0 Å². The van der Waals surface area contributed by atoms with Crippen LogP contribution in [-0.2, 0) is 18.9 Å². The van der Waals surface area contributed by atoms with Crippen molar-refractivity contribution in [1.29, 1.82) is 0 Å². The van der Waals surface area contributed by atoms with Crippen molar-refractivity contribution >= 4 is 23.4 Å². The predicted molar refractivity (Wildman–Crippen MR) is 119 cm³/mol. The largest absolute Gasteiger partial charge is 0.459 e. The van der Waals surface area contributed by atoms with E-state index in [9.17, 15) is 9.59 Å². The Hall–Kier alpha value is -2.46. The Labute approximate surface area is 195 Å². The Morgan fingerprint density at radius 1 is 1.24 bits per heavy atom. The first-order valence-electron chi connectivity index (χ1n) is 11.0. The van der Waals surface area contributed by atoms with E-state index in [1.807, 2.05) is 13.0 Å². The highest BCUT2D eigenvalue weighted by atomic mass is 35.5. The number of ether oxygens (including phenoxy) is 4. The molecule has 33 heavy (non-hydrogen) atoms. The molecule has 1 aromatic carbocycles. The van der Waals surface area contributed by atoms with Crippen LogP contribution in [0.25, 0.3) is 0 Å². The number of esters is 1. The van der Waals surface area contributed by atoms with E-state index in [-0.39, 0.29) is 18.3 Å². The second-order valence-corrected chi connectivity index (χ2v) is 9.32. The average molecular weight is 476 g/mol. The van der Waals surface area contributed by atoms with Gasteiger partial charge in [0.25, 0.3) is 0 Å². The van der Waals surface area contributed by atoms with Gasteiger partial charge in [-0.2, -0.15) is 4.98 Å². The van der Waals surface area contributed by atoms with Crippen molar-refractivity contribution < 1.29 is 23.7 Å². The van der Waals surface area contributed by atoms with E-state index in [0.29, 0.717) is 5.56 Å². The van der Waals surface area contributed by atoms with Crippen molar-refractivity contribution in [2.24, 2.45) is 0 Å². The lowest BCUT2D eigenvalue weighted by atomic mass is 9.89. The Morgan fingerprint density at radius 3 is 2.64 bits per heavy atom. The monoisotopic (exact) mass is 475 g/mol.